The van der Waals surface area contributed by atoms with Gasteiger partial charge in [0, 0.05) is 28.0 Å². The summed E-state index contributed by atoms with van der Waals surface area (Å²) in [5.74, 6) is -0.629. The third kappa shape index (κ3) is 5.60. The predicted molar refractivity (Wildman–Crippen MR) is 111 cm³/mol. The summed E-state index contributed by atoms with van der Waals surface area (Å²) in [6, 6.07) is 10.4. The molecule has 0 aliphatic rings. The highest BCUT2D eigenvalue weighted by Crippen LogP contribution is 2.31. The Morgan fingerprint density at radius 3 is 2.26 bits per heavy atom. The van der Waals surface area contributed by atoms with Gasteiger partial charge in [-0.3, -0.25) is 14.9 Å². The van der Waals surface area contributed by atoms with E-state index in [1.165, 1.54) is 19.1 Å². The number of rotatable bonds is 4. The van der Waals surface area contributed by atoms with Crippen LogP contribution in [0.2, 0.25) is 5.02 Å². The van der Waals surface area contributed by atoms with Crippen LogP contribution in [-0.2, 0) is 6.18 Å². The number of nitrogens with zero attached hydrogens (tertiary/aromatic N) is 3. The summed E-state index contributed by atoms with van der Waals surface area (Å²) in [6.45, 7) is 5.34. The van der Waals surface area contributed by atoms with Gasteiger partial charge in [0.15, 0.2) is 5.69 Å². The lowest BCUT2D eigenvalue weighted by Gasteiger charge is -2.09. The fourth-order valence-electron chi connectivity index (χ4n) is 2.58. The van der Waals surface area contributed by atoms with Crippen molar-refractivity contribution in [3.05, 3.63) is 80.6 Å². The molecule has 0 bridgehead atoms. The number of nitro groups is 1. The van der Waals surface area contributed by atoms with E-state index in [1.807, 2.05) is 13.8 Å². The van der Waals surface area contributed by atoms with Crippen LogP contribution in [0.3, 0.4) is 0 Å². The molecular weight excluding hydrogens is 437 g/mol. The van der Waals surface area contributed by atoms with Crippen LogP contribution in [0.1, 0.15) is 35.6 Å². The lowest BCUT2D eigenvalue weighted by molar-refractivity contribution is -0.384. The molecule has 1 amide bonds. The number of anilines is 1. The molecule has 7 nitrogen and oxygen atoms in total. The molecule has 0 radical (unpaired) electrons. The molecule has 3 aromatic rings. The molecule has 3 rings (SSSR count). The van der Waals surface area contributed by atoms with Crippen molar-refractivity contribution in [1.29, 1.82) is 0 Å². The topological polar surface area (TPSA) is 90.1 Å². The van der Waals surface area contributed by atoms with Crippen molar-refractivity contribution < 1.29 is 22.9 Å². The van der Waals surface area contributed by atoms with Crippen LogP contribution in [0.4, 0.5) is 24.5 Å². The second-order valence-corrected chi connectivity index (χ2v) is 6.44. The highest BCUT2D eigenvalue weighted by atomic mass is 35.5. The number of hydrogen-bond acceptors (Lipinski definition) is 4. The first-order chi connectivity index (χ1) is 14.6. The fourth-order valence-corrected chi connectivity index (χ4v) is 2.71. The summed E-state index contributed by atoms with van der Waals surface area (Å²) in [4.78, 5) is 23.1. The standard InChI is InChI=1S/C18H12ClF3N4O3.C2H6/c1-10-8-16(18(20,21)22)24-25(10)14-7-2-11(9-15(14)26(28)29)17(27)23-13-5-3-12(19)4-6-13;1-2/h2-9H,1H3,(H,23,27);1-2H3. The number of hydrogen-bond donors (Lipinski definition) is 1. The van der Waals surface area contributed by atoms with Crippen molar-refractivity contribution in [2.75, 3.05) is 5.32 Å². The van der Waals surface area contributed by atoms with Crippen molar-refractivity contribution in [3.63, 3.8) is 0 Å². The smallest absolute Gasteiger partial charge is 0.322 e. The molecule has 0 spiro atoms. The van der Waals surface area contributed by atoms with Gasteiger partial charge in [0.25, 0.3) is 11.6 Å². The summed E-state index contributed by atoms with van der Waals surface area (Å²) in [6.07, 6.45) is -4.69. The summed E-state index contributed by atoms with van der Waals surface area (Å²) < 4.78 is 39.5. The van der Waals surface area contributed by atoms with Crippen LogP contribution < -0.4 is 5.32 Å². The van der Waals surface area contributed by atoms with Crippen molar-refractivity contribution in [2.24, 2.45) is 0 Å². The molecule has 1 heterocycles. The van der Waals surface area contributed by atoms with Crippen LogP contribution in [0.25, 0.3) is 5.69 Å². The minimum atomic E-state index is -4.69. The van der Waals surface area contributed by atoms with Gasteiger partial charge < -0.3 is 5.32 Å². The lowest BCUT2D eigenvalue weighted by Crippen LogP contribution is -2.13. The molecule has 1 aromatic heterocycles. The van der Waals surface area contributed by atoms with Crippen LogP contribution >= 0.6 is 11.6 Å². The summed E-state index contributed by atoms with van der Waals surface area (Å²) in [5.41, 5.74) is -1.49. The number of halogens is 4. The number of carbonyl (C=O) groups excluding carboxylic acids is 1. The number of nitro benzene ring substituents is 1. The van der Waals surface area contributed by atoms with Crippen LogP contribution in [0.5, 0.6) is 0 Å². The van der Waals surface area contributed by atoms with Gasteiger partial charge in [-0.25, -0.2) is 4.68 Å². The lowest BCUT2D eigenvalue weighted by atomic mass is 10.1. The molecule has 0 saturated heterocycles. The molecule has 31 heavy (non-hydrogen) atoms. The number of aromatic nitrogens is 2. The Kier molecular flexibility index (Phi) is 7.40. The quantitative estimate of drug-likeness (QED) is 0.384. The van der Waals surface area contributed by atoms with Gasteiger partial charge in [0.05, 0.1) is 4.92 Å². The summed E-state index contributed by atoms with van der Waals surface area (Å²) >= 11 is 5.77. The Balaban J connectivity index is 0.00000166. The number of carbonyl (C=O) groups is 1. The van der Waals surface area contributed by atoms with Gasteiger partial charge in [0.2, 0.25) is 0 Å². The van der Waals surface area contributed by atoms with E-state index in [2.05, 4.69) is 10.4 Å². The van der Waals surface area contributed by atoms with Gasteiger partial charge in [-0.1, -0.05) is 25.4 Å². The van der Waals surface area contributed by atoms with Crippen molar-refractivity contribution >= 4 is 28.9 Å². The number of benzene rings is 2. The average Bonchev–Trinajstić information content (AvgIpc) is 3.12. The SMILES string of the molecule is CC.Cc1cc(C(F)(F)F)nn1-c1ccc(C(=O)Nc2ccc(Cl)cc2)cc1[N+](=O)[O-]. The number of aryl methyl sites for hydroxylation is 1. The summed E-state index contributed by atoms with van der Waals surface area (Å²) in [5, 5.41) is 17.9. The first-order valence-electron chi connectivity index (χ1n) is 9.06. The van der Waals surface area contributed by atoms with Crippen molar-refractivity contribution in [3.8, 4) is 5.69 Å². The second kappa shape index (κ2) is 9.61. The molecule has 0 unspecified atom stereocenters. The molecule has 11 heteroatoms. The molecule has 164 valence electrons. The fraction of sp³-hybridized carbons (Fsp3) is 0.200. The Morgan fingerprint density at radius 2 is 1.74 bits per heavy atom. The van der Waals surface area contributed by atoms with E-state index in [9.17, 15) is 28.1 Å². The van der Waals surface area contributed by atoms with Crippen LogP contribution in [0.15, 0.2) is 48.5 Å². The first kappa shape index (κ1) is 23.9. The third-order valence-corrected chi connectivity index (χ3v) is 4.19. The van der Waals surface area contributed by atoms with E-state index < -0.39 is 28.4 Å². The summed E-state index contributed by atoms with van der Waals surface area (Å²) in [7, 11) is 0. The van der Waals surface area contributed by atoms with E-state index in [0.717, 1.165) is 16.8 Å². The minimum Gasteiger partial charge on any atom is -0.322 e. The molecule has 0 saturated carbocycles. The van der Waals surface area contributed by atoms with E-state index in [4.69, 9.17) is 11.6 Å². The largest absolute Gasteiger partial charge is 0.435 e. The molecule has 0 aliphatic heterocycles. The van der Waals surface area contributed by atoms with Gasteiger partial charge in [-0.05, 0) is 49.4 Å². The number of alkyl halides is 3. The van der Waals surface area contributed by atoms with Gasteiger partial charge >= 0.3 is 6.18 Å². The average molecular weight is 455 g/mol. The molecule has 0 aliphatic carbocycles. The maximum atomic E-state index is 12.9. The highest BCUT2D eigenvalue weighted by Gasteiger charge is 2.35. The van der Waals surface area contributed by atoms with E-state index in [-0.39, 0.29) is 16.9 Å². The maximum absolute atomic E-state index is 12.9. The minimum absolute atomic E-state index is 0.0451. The zero-order valence-corrected chi connectivity index (χ0v) is 17.5. The number of nitrogens with one attached hydrogen (secondary N) is 1. The Morgan fingerprint density at radius 1 is 1.13 bits per heavy atom. The van der Waals surface area contributed by atoms with Crippen LogP contribution in [-0.4, -0.2) is 20.6 Å². The molecule has 2 aromatic carbocycles. The van der Waals surface area contributed by atoms with Crippen molar-refractivity contribution in [2.45, 2.75) is 26.9 Å². The molecule has 1 N–H and O–H groups in total. The van der Waals surface area contributed by atoms with Crippen molar-refractivity contribution in [1.82, 2.24) is 9.78 Å². The first-order valence-corrected chi connectivity index (χ1v) is 9.43. The Labute approximate surface area is 180 Å². The molecule has 0 atom stereocenters. The zero-order valence-electron chi connectivity index (χ0n) is 16.7. The normalized spacial score (nSPS) is 10.8. The zero-order chi connectivity index (χ0) is 23.3. The van der Waals surface area contributed by atoms with Crippen LogP contribution in [0, 0.1) is 17.0 Å². The highest BCUT2D eigenvalue weighted by molar-refractivity contribution is 6.30. The second-order valence-electron chi connectivity index (χ2n) is 6.00. The number of amides is 1. The molecule has 0 fully saturated rings. The van der Waals surface area contributed by atoms with E-state index in [0.29, 0.717) is 10.7 Å². The predicted octanol–water partition coefficient (Wildman–Crippen LogP) is 6.04. The van der Waals surface area contributed by atoms with Gasteiger partial charge in [0.1, 0.15) is 5.69 Å². The maximum Gasteiger partial charge on any atom is 0.435 e. The Hall–Kier alpha value is -3.40. The van der Waals surface area contributed by atoms with E-state index >= 15 is 0 Å². The van der Waals surface area contributed by atoms with Gasteiger partial charge in [-0.2, -0.15) is 18.3 Å². The molecular formula is C20H18ClF3N4O3. The third-order valence-electron chi connectivity index (χ3n) is 3.94. The monoisotopic (exact) mass is 454 g/mol. The van der Waals surface area contributed by atoms with E-state index in [1.54, 1.807) is 24.3 Å². The van der Waals surface area contributed by atoms with Gasteiger partial charge in [-0.15, -0.1) is 0 Å². The Bertz CT molecular complexity index is 1100.